The monoisotopic (exact) mass is 407 g/mol. The van der Waals surface area contributed by atoms with Gasteiger partial charge in [-0.15, -0.1) is 0 Å². The highest BCUT2D eigenvalue weighted by atomic mass is 16.5. The zero-order chi connectivity index (χ0) is 21.1. The number of phenolic OH excluding ortho intramolecular Hbond substituents is 1. The molecule has 0 saturated heterocycles. The van der Waals surface area contributed by atoms with Gasteiger partial charge in [-0.2, -0.15) is 0 Å². The largest absolute Gasteiger partial charge is 0.508 e. The number of hydrogen-bond donors (Lipinski definition) is 2. The Morgan fingerprint density at radius 2 is 1.93 bits per heavy atom. The molecule has 156 valence electrons. The van der Waals surface area contributed by atoms with Gasteiger partial charge in [-0.1, -0.05) is 18.2 Å². The fraction of sp³-hybridized carbons (Fsp3) is 0.333. The van der Waals surface area contributed by atoms with Gasteiger partial charge in [0.2, 0.25) is 0 Å². The van der Waals surface area contributed by atoms with E-state index in [0.29, 0.717) is 11.1 Å². The van der Waals surface area contributed by atoms with Crippen LogP contribution in [0.15, 0.2) is 47.1 Å². The molecule has 6 nitrogen and oxygen atoms in total. The molecule has 0 fully saturated rings. The lowest BCUT2D eigenvalue weighted by molar-refractivity contribution is -0.148. The van der Waals surface area contributed by atoms with Gasteiger partial charge in [0.25, 0.3) is 5.91 Å². The van der Waals surface area contributed by atoms with Gasteiger partial charge in [0.15, 0.2) is 6.61 Å². The highest BCUT2D eigenvalue weighted by Gasteiger charge is 2.16. The number of furan rings is 1. The fourth-order valence-electron chi connectivity index (χ4n) is 3.95. The molecule has 1 atom stereocenters. The van der Waals surface area contributed by atoms with Gasteiger partial charge in [0.1, 0.15) is 11.3 Å². The SMILES string of the molecule is C[C@H](NC(=O)COC(=O)Cc1coc2cc(O)ccc12)c1ccc2c(c1)CCCC2. The maximum Gasteiger partial charge on any atom is 0.310 e. The van der Waals surface area contributed by atoms with Crippen molar-refractivity contribution in [2.45, 2.75) is 45.1 Å². The molecule has 0 radical (unpaired) electrons. The van der Waals surface area contributed by atoms with Crippen LogP contribution in [-0.2, 0) is 33.6 Å². The third-order valence-electron chi connectivity index (χ3n) is 5.59. The summed E-state index contributed by atoms with van der Waals surface area (Å²) in [6, 6.07) is 10.9. The van der Waals surface area contributed by atoms with Crippen molar-refractivity contribution >= 4 is 22.8 Å². The molecule has 1 heterocycles. The van der Waals surface area contributed by atoms with E-state index < -0.39 is 5.97 Å². The minimum Gasteiger partial charge on any atom is -0.508 e. The molecule has 2 N–H and O–H groups in total. The van der Waals surface area contributed by atoms with Crippen molar-refractivity contribution in [1.82, 2.24) is 5.32 Å². The van der Waals surface area contributed by atoms with Crippen LogP contribution in [0.2, 0.25) is 0 Å². The first-order valence-corrected chi connectivity index (χ1v) is 10.3. The van der Waals surface area contributed by atoms with Crippen molar-refractivity contribution in [1.29, 1.82) is 0 Å². The van der Waals surface area contributed by atoms with Gasteiger partial charge in [-0.05, 0) is 61.4 Å². The number of phenols is 1. The first-order valence-electron chi connectivity index (χ1n) is 10.3. The van der Waals surface area contributed by atoms with E-state index >= 15 is 0 Å². The Bertz CT molecular complexity index is 1080. The zero-order valence-corrected chi connectivity index (χ0v) is 16.9. The number of fused-ring (bicyclic) bond motifs is 2. The maximum atomic E-state index is 12.2. The van der Waals surface area contributed by atoms with Gasteiger partial charge in [-0.3, -0.25) is 9.59 Å². The Hall–Kier alpha value is -3.28. The number of carbonyl (C=O) groups is 2. The summed E-state index contributed by atoms with van der Waals surface area (Å²) in [6.45, 7) is 1.60. The van der Waals surface area contributed by atoms with Crippen LogP contribution in [0.1, 0.15) is 48.1 Å². The quantitative estimate of drug-likeness (QED) is 0.604. The first kappa shape index (κ1) is 20.0. The number of ether oxygens (including phenoxy) is 1. The highest BCUT2D eigenvalue weighted by molar-refractivity contribution is 5.87. The normalized spacial score (nSPS) is 14.2. The molecule has 1 aliphatic carbocycles. The average molecular weight is 407 g/mol. The van der Waals surface area contributed by atoms with Crippen LogP contribution in [0.25, 0.3) is 11.0 Å². The molecule has 2 aromatic carbocycles. The highest BCUT2D eigenvalue weighted by Crippen LogP contribution is 2.26. The first-order chi connectivity index (χ1) is 14.5. The average Bonchev–Trinajstić information content (AvgIpc) is 3.13. The van der Waals surface area contributed by atoms with Gasteiger partial charge < -0.3 is 19.6 Å². The van der Waals surface area contributed by atoms with Crippen LogP contribution in [-0.4, -0.2) is 23.6 Å². The summed E-state index contributed by atoms with van der Waals surface area (Å²) in [4.78, 5) is 24.4. The number of aryl methyl sites for hydroxylation is 2. The number of rotatable bonds is 6. The molecule has 3 aromatic rings. The zero-order valence-electron chi connectivity index (χ0n) is 16.9. The molecule has 4 rings (SSSR count). The number of esters is 1. The second-order valence-electron chi connectivity index (χ2n) is 7.80. The van der Waals surface area contributed by atoms with Crippen LogP contribution >= 0.6 is 0 Å². The predicted molar refractivity (Wildman–Crippen MR) is 112 cm³/mol. The smallest absolute Gasteiger partial charge is 0.310 e. The van der Waals surface area contributed by atoms with E-state index in [4.69, 9.17) is 9.15 Å². The second kappa shape index (κ2) is 8.61. The van der Waals surface area contributed by atoms with E-state index in [9.17, 15) is 14.7 Å². The lowest BCUT2D eigenvalue weighted by Gasteiger charge is -2.20. The Morgan fingerprint density at radius 1 is 1.13 bits per heavy atom. The lowest BCUT2D eigenvalue weighted by Crippen LogP contribution is -2.31. The van der Waals surface area contributed by atoms with Gasteiger partial charge in [0.05, 0.1) is 18.7 Å². The summed E-state index contributed by atoms with van der Waals surface area (Å²) < 4.78 is 10.5. The third kappa shape index (κ3) is 4.48. The Morgan fingerprint density at radius 3 is 2.77 bits per heavy atom. The molecule has 30 heavy (non-hydrogen) atoms. The third-order valence-corrected chi connectivity index (χ3v) is 5.59. The number of hydrogen-bond acceptors (Lipinski definition) is 5. The minimum absolute atomic E-state index is 0.00850. The molecule has 1 amide bonds. The lowest BCUT2D eigenvalue weighted by atomic mass is 9.89. The minimum atomic E-state index is -0.512. The number of nitrogens with one attached hydrogen (secondary N) is 1. The topological polar surface area (TPSA) is 88.8 Å². The summed E-state index contributed by atoms with van der Waals surface area (Å²) in [5.74, 6) is -0.756. The molecule has 0 bridgehead atoms. The Balaban J connectivity index is 1.29. The molecule has 1 aromatic heterocycles. The summed E-state index contributed by atoms with van der Waals surface area (Å²) in [6.07, 6.45) is 6.11. The van der Waals surface area contributed by atoms with Crippen LogP contribution in [0.4, 0.5) is 0 Å². The summed E-state index contributed by atoms with van der Waals surface area (Å²) in [5, 5.41) is 13.1. The summed E-state index contributed by atoms with van der Waals surface area (Å²) >= 11 is 0. The molecule has 0 saturated carbocycles. The van der Waals surface area contributed by atoms with Crippen molar-refractivity contribution < 1.29 is 23.8 Å². The second-order valence-corrected chi connectivity index (χ2v) is 7.80. The van der Waals surface area contributed by atoms with Gasteiger partial charge in [0, 0.05) is 17.0 Å². The Kier molecular flexibility index (Phi) is 5.74. The summed E-state index contributed by atoms with van der Waals surface area (Å²) in [5.41, 5.74) is 4.97. The molecular weight excluding hydrogens is 382 g/mol. The number of carbonyl (C=O) groups excluding carboxylic acids is 2. The number of benzene rings is 2. The van der Waals surface area contributed by atoms with Crippen LogP contribution in [0, 0.1) is 0 Å². The Labute approximate surface area is 174 Å². The van der Waals surface area contributed by atoms with E-state index in [0.717, 1.165) is 23.8 Å². The van der Waals surface area contributed by atoms with E-state index in [2.05, 4.69) is 23.5 Å². The standard InChI is InChI=1S/C24H25NO5/c1-15(17-7-6-16-4-2-3-5-18(16)10-17)25-23(27)14-30-24(28)11-19-13-29-22-12-20(26)8-9-21(19)22/h6-10,12-13,15,26H,2-5,11,14H2,1H3,(H,25,27)/t15-/m0/s1. The fourth-order valence-corrected chi connectivity index (χ4v) is 3.95. The molecule has 0 aliphatic heterocycles. The van der Waals surface area contributed by atoms with Gasteiger partial charge >= 0.3 is 5.97 Å². The van der Waals surface area contributed by atoms with Crippen molar-refractivity contribution in [3.05, 3.63) is 64.9 Å². The number of aromatic hydroxyl groups is 1. The van der Waals surface area contributed by atoms with Crippen molar-refractivity contribution in [3.8, 4) is 5.75 Å². The van der Waals surface area contributed by atoms with E-state index in [-0.39, 0.29) is 30.7 Å². The van der Waals surface area contributed by atoms with Crippen molar-refractivity contribution in [2.24, 2.45) is 0 Å². The predicted octanol–water partition coefficient (Wildman–Crippen LogP) is 3.98. The van der Waals surface area contributed by atoms with Crippen LogP contribution in [0.5, 0.6) is 5.75 Å². The summed E-state index contributed by atoms with van der Waals surface area (Å²) in [7, 11) is 0. The number of amides is 1. The van der Waals surface area contributed by atoms with E-state index in [1.165, 1.54) is 42.4 Å². The van der Waals surface area contributed by atoms with E-state index in [1.807, 2.05) is 6.92 Å². The van der Waals surface area contributed by atoms with Crippen molar-refractivity contribution in [2.75, 3.05) is 6.61 Å². The van der Waals surface area contributed by atoms with Crippen LogP contribution in [0.3, 0.4) is 0 Å². The molecule has 0 spiro atoms. The molecular formula is C24H25NO5. The molecule has 1 aliphatic rings. The van der Waals surface area contributed by atoms with Crippen molar-refractivity contribution in [3.63, 3.8) is 0 Å². The molecule has 0 unspecified atom stereocenters. The molecule has 6 heteroatoms. The van der Waals surface area contributed by atoms with E-state index in [1.54, 1.807) is 6.07 Å². The van der Waals surface area contributed by atoms with Gasteiger partial charge in [-0.25, -0.2) is 0 Å². The maximum absolute atomic E-state index is 12.2. The van der Waals surface area contributed by atoms with Crippen LogP contribution < -0.4 is 5.32 Å².